The van der Waals surface area contributed by atoms with E-state index in [1.54, 1.807) is 0 Å². The third kappa shape index (κ3) is 4.21. The monoisotopic (exact) mass is 291 g/mol. The zero-order chi connectivity index (χ0) is 15.2. The lowest BCUT2D eigenvalue weighted by atomic mass is 10.0. The van der Waals surface area contributed by atoms with E-state index in [1.165, 1.54) is 0 Å². The van der Waals surface area contributed by atoms with E-state index in [1.807, 2.05) is 31.2 Å². The molecule has 5 heteroatoms. The molecule has 0 bridgehead atoms. The van der Waals surface area contributed by atoms with E-state index in [9.17, 15) is 9.59 Å². The Morgan fingerprint density at radius 2 is 2.00 bits per heavy atom. The fourth-order valence-corrected chi connectivity index (χ4v) is 2.74. The van der Waals surface area contributed by atoms with Crippen molar-refractivity contribution < 1.29 is 19.4 Å². The van der Waals surface area contributed by atoms with Crippen molar-refractivity contribution in [2.45, 2.75) is 38.6 Å². The molecule has 2 rings (SSSR count). The smallest absolute Gasteiger partial charge is 0.308 e. The SMILES string of the molecule is CCOc1ccc(CC(=O)NC2CCCC2C(=O)O)cc1. The predicted octanol–water partition coefficient (Wildman–Crippen LogP) is 2.00. The van der Waals surface area contributed by atoms with Gasteiger partial charge in [-0.25, -0.2) is 0 Å². The highest BCUT2D eigenvalue weighted by Crippen LogP contribution is 2.25. The summed E-state index contributed by atoms with van der Waals surface area (Å²) in [6.07, 6.45) is 2.50. The quantitative estimate of drug-likeness (QED) is 0.840. The minimum absolute atomic E-state index is 0.127. The molecule has 0 saturated heterocycles. The lowest BCUT2D eigenvalue weighted by molar-refractivity contribution is -0.142. The molecule has 0 aromatic heterocycles. The second kappa shape index (κ2) is 7.11. The van der Waals surface area contributed by atoms with Crippen LogP contribution in [0, 0.1) is 5.92 Å². The highest BCUT2D eigenvalue weighted by Gasteiger charge is 2.33. The van der Waals surface area contributed by atoms with Gasteiger partial charge in [0.05, 0.1) is 18.9 Å². The topological polar surface area (TPSA) is 75.6 Å². The molecule has 1 aromatic rings. The Morgan fingerprint density at radius 1 is 1.29 bits per heavy atom. The van der Waals surface area contributed by atoms with Crippen LogP contribution < -0.4 is 10.1 Å². The zero-order valence-corrected chi connectivity index (χ0v) is 12.2. The lowest BCUT2D eigenvalue weighted by Gasteiger charge is -2.17. The summed E-state index contributed by atoms with van der Waals surface area (Å²) in [5.41, 5.74) is 0.890. The molecule has 2 unspecified atom stereocenters. The van der Waals surface area contributed by atoms with Gasteiger partial charge in [0.1, 0.15) is 5.75 Å². The first kappa shape index (κ1) is 15.4. The van der Waals surface area contributed by atoms with Crippen molar-refractivity contribution in [1.29, 1.82) is 0 Å². The lowest BCUT2D eigenvalue weighted by Crippen LogP contribution is -2.40. The van der Waals surface area contributed by atoms with E-state index in [0.717, 1.165) is 24.2 Å². The highest BCUT2D eigenvalue weighted by molar-refractivity contribution is 5.80. The number of hydrogen-bond acceptors (Lipinski definition) is 3. The van der Waals surface area contributed by atoms with Crippen molar-refractivity contribution in [3.05, 3.63) is 29.8 Å². The van der Waals surface area contributed by atoms with Gasteiger partial charge in [-0.3, -0.25) is 9.59 Å². The maximum Gasteiger partial charge on any atom is 0.308 e. The number of hydrogen-bond donors (Lipinski definition) is 2. The fraction of sp³-hybridized carbons (Fsp3) is 0.500. The third-order valence-corrected chi connectivity index (χ3v) is 3.78. The molecule has 114 valence electrons. The van der Waals surface area contributed by atoms with Gasteiger partial charge in [-0.05, 0) is 37.5 Å². The van der Waals surface area contributed by atoms with Crippen LogP contribution in [0.2, 0.25) is 0 Å². The van der Waals surface area contributed by atoms with E-state index < -0.39 is 11.9 Å². The Kier molecular flexibility index (Phi) is 5.20. The molecule has 1 aliphatic carbocycles. The normalized spacial score (nSPS) is 21.0. The maximum atomic E-state index is 12.0. The molecule has 1 saturated carbocycles. The Balaban J connectivity index is 1.88. The van der Waals surface area contributed by atoms with Crippen molar-refractivity contribution >= 4 is 11.9 Å². The third-order valence-electron chi connectivity index (χ3n) is 3.78. The molecule has 2 N–H and O–H groups in total. The van der Waals surface area contributed by atoms with Gasteiger partial charge < -0.3 is 15.2 Å². The summed E-state index contributed by atoms with van der Waals surface area (Å²) in [5.74, 6) is -0.617. The fourth-order valence-electron chi connectivity index (χ4n) is 2.74. The second-order valence-electron chi connectivity index (χ2n) is 5.30. The molecule has 5 nitrogen and oxygen atoms in total. The summed E-state index contributed by atoms with van der Waals surface area (Å²) in [5, 5.41) is 11.9. The molecular weight excluding hydrogens is 270 g/mol. The number of nitrogens with one attached hydrogen (secondary N) is 1. The van der Waals surface area contributed by atoms with Crippen molar-refractivity contribution in [2.75, 3.05) is 6.61 Å². The number of benzene rings is 1. The van der Waals surface area contributed by atoms with Gasteiger partial charge in [-0.15, -0.1) is 0 Å². The number of ether oxygens (including phenoxy) is 1. The van der Waals surface area contributed by atoms with Crippen LogP contribution in [-0.2, 0) is 16.0 Å². The molecule has 1 fully saturated rings. The van der Waals surface area contributed by atoms with Crippen molar-refractivity contribution in [3.8, 4) is 5.75 Å². The Hall–Kier alpha value is -2.04. The van der Waals surface area contributed by atoms with E-state index in [4.69, 9.17) is 9.84 Å². The maximum absolute atomic E-state index is 12.0. The number of carbonyl (C=O) groups is 2. The van der Waals surface area contributed by atoms with Crippen LogP contribution in [0.3, 0.4) is 0 Å². The van der Waals surface area contributed by atoms with Crippen molar-refractivity contribution in [2.24, 2.45) is 5.92 Å². The molecule has 0 aliphatic heterocycles. The van der Waals surface area contributed by atoms with Crippen LogP contribution in [0.5, 0.6) is 5.75 Å². The zero-order valence-electron chi connectivity index (χ0n) is 12.2. The minimum Gasteiger partial charge on any atom is -0.494 e. The number of carboxylic acids is 1. The van der Waals surface area contributed by atoms with Gasteiger partial charge in [0.25, 0.3) is 0 Å². The van der Waals surface area contributed by atoms with Gasteiger partial charge in [0, 0.05) is 6.04 Å². The van der Waals surface area contributed by atoms with E-state index >= 15 is 0 Å². The van der Waals surface area contributed by atoms with E-state index in [0.29, 0.717) is 13.0 Å². The molecule has 0 heterocycles. The molecule has 0 spiro atoms. The molecule has 1 aromatic carbocycles. The Morgan fingerprint density at radius 3 is 2.62 bits per heavy atom. The molecule has 1 aliphatic rings. The summed E-state index contributed by atoms with van der Waals surface area (Å²) >= 11 is 0. The van der Waals surface area contributed by atoms with Gasteiger partial charge in [0.2, 0.25) is 5.91 Å². The molecule has 0 radical (unpaired) electrons. The molecular formula is C16H21NO4. The summed E-state index contributed by atoms with van der Waals surface area (Å²) in [6, 6.07) is 7.14. The average Bonchev–Trinajstić information content (AvgIpc) is 2.89. The average molecular weight is 291 g/mol. The number of carboxylic acid groups (broad SMARTS) is 1. The van der Waals surface area contributed by atoms with Crippen LogP contribution in [0.1, 0.15) is 31.7 Å². The summed E-state index contributed by atoms with van der Waals surface area (Å²) in [7, 11) is 0. The van der Waals surface area contributed by atoms with E-state index in [-0.39, 0.29) is 18.4 Å². The van der Waals surface area contributed by atoms with Crippen LogP contribution >= 0.6 is 0 Å². The number of amides is 1. The van der Waals surface area contributed by atoms with Gasteiger partial charge in [-0.2, -0.15) is 0 Å². The molecule has 1 amide bonds. The van der Waals surface area contributed by atoms with Crippen LogP contribution in [-0.4, -0.2) is 29.6 Å². The van der Waals surface area contributed by atoms with Crippen LogP contribution in [0.15, 0.2) is 24.3 Å². The molecule has 21 heavy (non-hydrogen) atoms. The minimum atomic E-state index is -0.820. The van der Waals surface area contributed by atoms with Gasteiger partial charge in [-0.1, -0.05) is 18.6 Å². The number of rotatable bonds is 6. The molecule has 2 atom stereocenters. The Bertz CT molecular complexity index is 498. The Labute approximate surface area is 124 Å². The second-order valence-corrected chi connectivity index (χ2v) is 5.30. The largest absolute Gasteiger partial charge is 0.494 e. The number of carbonyl (C=O) groups excluding carboxylic acids is 1. The first-order valence-electron chi connectivity index (χ1n) is 7.34. The summed E-state index contributed by atoms with van der Waals surface area (Å²) in [6.45, 7) is 2.53. The number of aliphatic carboxylic acids is 1. The summed E-state index contributed by atoms with van der Waals surface area (Å²) < 4.78 is 5.35. The predicted molar refractivity (Wildman–Crippen MR) is 78.2 cm³/mol. The van der Waals surface area contributed by atoms with E-state index in [2.05, 4.69) is 5.32 Å². The first-order chi connectivity index (χ1) is 10.1. The van der Waals surface area contributed by atoms with Crippen molar-refractivity contribution in [3.63, 3.8) is 0 Å². The van der Waals surface area contributed by atoms with Crippen LogP contribution in [0.4, 0.5) is 0 Å². The highest BCUT2D eigenvalue weighted by atomic mass is 16.5. The van der Waals surface area contributed by atoms with Crippen molar-refractivity contribution in [1.82, 2.24) is 5.32 Å². The summed E-state index contributed by atoms with van der Waals surface area (Å²) in [4.78, 5) is 23.1. The first-order valence-corrected chi connectivity index (χ1v) is 7.34. The standard InChI is InChI=1S/C16H21NO4/c1-2-21-12-8-6-11(7-9-12)10-15(18)17-14-5-3-4-13(14)16(19)20/h6-9,13-14H,2-5,10H2,1H3,(H,17,18)(H,19,20). The van der Waals surface area contributed by atoms with Crippen LogP contribution in [0.25, 0.3) is 0 Å². The van der Waals surface area contributed by atoms with Gasteiger partial charge in [0.15, 0.2) is 0 Å². The van der Waals surface area contributed by atoms with Gasteiger partial charge >= 0.3 is 5.97 Å².